The maximum absolute atomic E-state index is 11.0. The second-order valence-electron chi connectivity index (χ2n) is 5.68. The summed E-state index contributed by atoms with van der Waals surface area (Å²) < 4.78 is 0. The van der Waals surface area contributed by atoms with Crippen molar-refractivity contribution in [2.45, 2.75) is 31.6 Å². The number of aliphatic carboxylic acids is 1. The molecule has 0 unspecified atom stereocenters. The quantitative estimate of drug-likeness (QED) is 0.870. The van der Waals surface area contributed by atoms with E-state index in [0.717, 1.165) is 36.5 Å². The summed E-state index contributed by atoms with van der Waals surface area (Å²) in [6.07, 6.45) is 3.43. The molecule has 0 radical (unpaired) electrons. The zero-order valence-corrected chi connectivity index (χ0v) is 11.2. The Morgan fingerprint density at radius 3 is 2.30 bits per heavy atom. The first-order valence-electron chi connectivity index (χ1n) is 7.09. The van der Waals surface area contributed by atoms with E-state index in [1.165, 1.54) is 5.56 Å². The molecular weight excluding hydrogens is 252 g/mol. The second kappa shape index (κ2) is 5.16. The summed E-state index contributed by atoms with van der Waals surface area (Å²) in [6.45, 7) is 0. The van der Waals surface area contributed by atoms with Crippen molar-refractivity contribution < 1.29 is 15.0 Å². The third-order valence-electron chi connectivity index (χ3n) is 4.40. The van der Waals surface area contributed by atoms with Crippen molar-refractivity contribution in [1.82, 2.24) is 0 Å². The fourth-order valence-corrected chi connectivity index (χ4v) is 3.18. The fraction of sp³-hybridized carbons (Fsp3) is 0.353. The Labute approximate surface area is 117 Å². The van der Waals surface area contributed by atoms with Crippen LogP contribution < -0.4 is 0 Å². The van der Waals surface area contributed by atoms with Gasteiger partial charge in [0.15, 0.2) is 0 Å². The summed E-state index contributed by atoms with van der Waals surface area (Å²) in [5.74, 6) is -0.0721. The third kappa shape index (κ3) is 2.48. The summed E-state index contributed by atoms with van der Waals surface area (Å²) >= 11 is 0. The van der Waals surface area contributed by atoms with E-state index in [-0.39, 0.29) is 11.7 Å². The second-order valence-corrected chi connectivity index (χ2v) is 5.68. The number of benzene rings is 2. The van der Waals surface area contributed by atoms with Gasteiger partial charge in [0.1, 0.15) is 5.75 Å². The maximum Gasteiger partial charge on any atom is 0.306 e. The lowest BCUT2D eigenvalue weighted by Crippen LogP contribution is -2.20. The molecule has 20 heavy (non-hydrogen) atoms. The molecule has 1 saturated carbocycles. The summed E-state index contributed by atoms with van der Waals surface area (Å²) in [5, 5.41) is 20.7. The van der Waals surface area contributed by atoms with Crippen LogP contribution >= 0.6 is 0 Å². The number of hydrogen-bond acceptors (Lipinski definition) is 2. The van der Waals surface area contributed by atoms with Crippen LogP contribution in [0.25, 0.3) is 10.8 Å². The molecule has 0 spiro atoms. The molecule has 1 aliphatic rings. The van der Waals surface area contributed by atoms with Crippen molar-refractivity contribution in [2.75, 3.05) is 0 Å². The molecule has 2 aromatic carbocycles. The van der Waals surface area contributed by atoms with Crippen LogP contribution in [0.4, 0.5) is 0 Å². The summed E-state index contributed by atoms with van der Waals surface area (Å²) in [5.41, 5.74) is 1.28. The Hall–Kier alpha value is -2.03. The van der Waals surface area contributed by atoms with Crippen LogP contribution in [0.2, 0.25) is 0 Å². The molecule has 2 aromatic rings. The first-order chi connectivity index (χ1) is 9.63. The Kier molecular flexibility index (Phi) is 3.35. The van der Waals surface area contributed by atoms with Crippen LogP contribution in [0.1, 0.15) is 37.2 Å². The standard InChI is InChI=1S/C17H18O3/c18-16-8-7-14-9-13(5-6-15(14)10-16)11-1-3-12(4-2-11)17(19)20/h5-12,18H,1-4H2,(H,19,20). The van der Waals surface area contributed by atoms with Gasteiger partial charge in [-0.15, -0.1) is 0 Å². The molecule has 0 aliphatic heterocycles. The Balaban J connectivity index is 1.81. The number of aromatic hydroxyl groups is 1. The van der Waals surface area contributed by atoms with Crippen LogP contribution in [-0.2, 0) is 4.79 Å². The molecule has 2 N–H and O–H groups in total. The minimum absolute atomic E-state index is 0.163. The fourth-order valence-electron chi connectivity index (χ4n) is 3.18. The number of phenolic OH excluding ortho intramolecular Hbond substituents is 1. The molecule has 3 nitrogen and oxygen atoms in total. The molecule has 0 amide bonds. The number of fused-ring (bicyclic) bond motifs is 1. The van der Waals surface area contributed by atoms with Crippen molar-refractivity contribution in [3.05, 3.63) is 42.0 Å². The van der Waals surface area contributed by atoms with Crippen molar-refractivity contribution >= 4 is 16.7 Å². The lowest BCUT2D eigenvalue weighted by molar-refractivity contribution is -0.142. The summed E-state index contributed by atoms with van der Waals surface area (Å²) in [6, 6.07) is 11.7. The molecule has 104 valence electrons. The van der Waals surface area contributed by atoms with E-state index in [9.17, 15) is 9.90 Å². The molecule has 0 saturated heterocycles. The Morgan fingerprint density at radius 2 is 1.60 bits per heavy atom. The molecule has 3 heteroatoms. The molecule has 1 fully saturated rings. The van der Waals surface area contributed by atoms with Crippen LogP contribution in [-0.4, -0.2) is 16.2 Å². The average molecular weight is 270 g/mol. The highest BCUT2D eigenvalue weighted by atomic mass is 16.4. The van der Waals surface area contributed by atoms with Crippen LogP contribution in [0, 0.1) is 5.92 Å². The number of phenols is 1. The minimum atomic E-state index is -0.655. The van der Waals surface area contributed by atoms with E-state index >= 15 is 0 Å². The maximum atomic E-state index is 11.0. The van der Waals surface area contributed by atoms with Gasteiger partial charge in [-0.3, -0.25) is 4.79 Å². The lowest BCUT2D eigenvalue weighted by Gasteiger charge is -2.26. The number of carboxylic acids is 1. The first kappa shape index (κ1) is 13.0. The SMILES string of the molecule is O=C(O)C1CCC(c2ccc3cc(O)ccc3c2)CC1. The van der Waals surface area contributed by atoms with Gasteiger partial charge < -0.3 is 10.2 Å². The van der Waals surface area contributed by atoms with Crippen LogP contribution in [0.3, 0.4) is 0 Å². The van der Waals surface area contributed by atoms with Gasteiger partial charge in [0.2, 0.25) is 0 Å². The molecule has 0 heterocycles. The van der Waals surface area contributed by atoms with E-state index < -0.39 is 5.97 Å². The van der Waals surface area contributed by atoms with E-state index in [1.54, 1.807) is 12.1 Å². The number of carbonyl (C=O) groups is 1. The van der Waals surface area contributed by atoms with E-state index in [2.05, 4.69) is 12.1 Å². The van der Waals surface area contributed by atoms with Gasteiger partial charge in [-0.1, -0.05) is 24.3 Å². The normalized spacial score (nSPS) is 22.8. The largest absolute Gasteiger partial charge is 0.508 e. The van der Waals surface area contributed by atoms with E-state index in [1.807, 2.05) is 12.1 Å². The van der Waals surface area contributed by atoms with Gasteiger partial charge in [0.05, 0.1) is 5.92 Å². The molecule has 3 rings (SSSR count). The minimum Gasteiger partial charge on any atom is -0.508 e. The first-order valence-corrected chi connectivity index (χ1v) is 7.09. The van der Waals surface area contributed by atoms with Gasteiger partial charge in [0, 0.05) is 0 Å². The van der Waals surface area contributed by atoms with Gasteiger partial charge in [-0.2, -0.15) is 0 Å². The third-order valence-corrected chi connectivity index (χ3v) is 4.40. The Morgan fingerprint density at radius 1 is 0.950 bits per heavy atom. The highest BCUT2D eigenvalue weighted by molar-refractivity contribution is 5.84. The van der Waals surface area contributed by atoms with Gasteiger partial charge >= 0.3 is 5.97 Å². The highest BCUT2D eigenvalue weighted by Crippen LogP contribution is 2.37. The molecular formula is C17H18O3. The van der Waals surface area contributed by atoms with Crippen molar-refractivity contribution in [1.29, 1.82) is 0 Å². The number of carboxylic acid groups (broad SMARTS) is 1. The smallest absolute Gasteiger partial charge is 0.306 e. The average Bonchev–Trinajstić information content (AvgIpc) is 2.47. The van der Waals surface area contributed by atoms with Gasteiger partial charge in [-0.05, 0) is 60.1 Å². The molecule has 0 atom stereocenters. The summed E-state index contributed by atoms with van der Waals surface area (Å²) in [7, 11) is 0. The summed E-state index contributed by atoms with van der Waals surface area (Å²) in [4.78, 5) is 11.0. The number of rotatable bonds is 2. The van der Waals surface area contributed by atoms with E-state index in [0.29, 0.717) is 5.92 Å². The predicted molar refractivity (Wildman–Crippen MR) is 77.9 cm³/mol. The zero-order chi connectivity index (χ0) is 14.1. The Bertz CT molecular complexity index is 640. The van der Waals surface area contributed by atoms with Crippen molar-refractivity contribution in [2.24, 2.45) is 5.92 Å². The molecule has 0 bridgehead atoms. The van der Waals surface area contributed by atoms with Gasteiger partial charge in [-0.25, -0.2) is 0 Å². The highest BCUT2D eigenvalue weighted by Gasteiger charge is 2.26. The van der Waals surface area contributed by atoms with Crippen molar-refractivity contribution in [3.63, 3.8) is 0 Å². The zero-order valence-electron chi connectivity index (χ0n) is 11.2. The molecule has 1 aliphatic carbocycles. The van der Waals surface area contributed by atoms with Gasteiger partial charge in [0.25, 0.3) is 0 Å². The monoisotopic (exact) mass is 270 g/mol. The van der Waals surface area contributed by atoms with Crippen molar-refractivity contribution in [3.8, 4) is 5.75 Å². The number of hydrogen-bond donors (Lipinski definition) is 2. The molecule has 0 aromatic heterocycles. The predicted octanol–water partition coefficient (Wildman–Crippen LogP) is 3.90. The van der Waals surface area contributed by atoms with Crippen LogP contribution in [0.5, 0.6) is 5.75 Å². The topological polar surface area (TPSA) is 57.5 Å². The lowest BCUT2D eigenvalue weighted by atomic mass is 9.78. The van der Waals surface area contributed by atoms with Crippen LogP contribution in [0.15, 0.2) is 36.4 Å². The van der Waals surface area contributed by atoms with E-state index in [4.69, 9.17) is 5.11 Å².